The van der Waals surface area contributed by atoms with Gasteiger partial charge in [0.2, 0.25) is 11.8 Å². The Balaban J connectivity index is 2.14. The molecule has 0 saturated heterocycles. The van der Waals surface area contributed by atoms with E-state index in [0.717, 1.165) is 12.1 Å². The molecule has 0 saturated carbocycles. The van der Waals surface area contributed by atoms with E-state index in [1.807, 2.05) is 0 Å². The molecule has 28 heavy (non-hydrogen) atoms. The number of nitrogens with zero attached hydrogens (tertiary/aromatic N) is 2. The number of nitro groups is 2. The quantitative estimate of drug-likeness (QED) is 0.526. The number of non-ortho nitro benzene ring substituents is 1. The molecule has 12 heteroatoms. The first-order chi connectivity index (χ1) is 13.2. The van der Waals surface area contributed by atoms with E-state index in [0.29, 0.717) is 17.4 Å². The molecule has 0 aliphatic carbocycles. The van der Waals surface area contributed by atoms with Crippen LogP contribution in [0.5, 0.6) is 0 Å². The molecule has 0 aliphatic rings. The van der Waals surface area contributed by atoms with Crippen molar-refractivity contribution >= 4 is 45.4 Å². The maximum atomic E-state index is 12.4. The fraction of sp³-hybridized carbons (Fsp3) is 0.125. The summed E-state index contributed by atoms with van der Waals surface area (Å²) in [5.74, 6) is -1.58. The van der Waals surface area contributed by atoms with E-state index < -0.39 is 43.7 Å². The first kappa shape index (κ1) is 20.6. The SMILES string of the molecule is CC(=O)Nc1cccc(NC(=O)CS(=O)c2ccc([N+](=O)[O-])cc2[N+](=O)[O-])c1. The van der Waals surface area contributed by atoms with Gasteiger partial charge in [-0.15, -0.1) is 0 Å². The first-order valence-corrected chi connectivity index (χ1v) is 8.98. The van der Waals surface area contributed by atoms with Crippen LogP contribution in [0.3, 0.4) is 0 Å². The Morgan fingerprint density at radius 1 is 1.00 bits per heavy atom. The van der Waals surface area contributed by atoms with Gasteiger partial charge in [-0.1, -0.05) is 6.07 Å². The van der Waals surface area contributed by atoms with Crippen molar-refractivity contribution in [3.8, 4) is 0 Å². The van der Waals surface area contributed by atoms with Gasteiger partial charge in [0.25, 0.3) is 11.4 Å². The number of benzene rings is 2. The Morgan fingerprint density at radius 2 is 1.64 bits per heavy atom. The van der Waals surface area contributed by atoms with Gasteiger partial charge in [0, 0.05) is 24.4 Å². The highest BCUT2D eigenvalue weighted by Crippen LogP contribution is 2.27. The van der Waals surface area contributed by atoms with Gasteiger partial charge >= 0.3 is 0 Å². The number of rotatable bonds is 7. The third-order valence-corrected chi connectivity index (χ3v) is 4.68. The average Bonchev–Trinajstić information content (AvgIpc) is 2.60. The van der Waals surface area contributed by atoms with Gasteiger partial charge in [-0.05, 0) is 24.3 Å². The van der Waals surface area contributed by atoms with Crippen LogP contribution in [0.4, 0.5) is 22.7 Å². The molecule has 2 N–H and O–H groups in total. The number of nitro benzene ring substituents is 2. The van der Waals surface area contributed by atoms with E-state index in [1.54, 1.807) is 18.2 Å². The molecule has 0 spiro atoms. The molecule has 0 bridgehead atoms. The Morgan fingerprint density at radius 3 is 2.21 bits per heavy atom. The monoisotopic (exact) mass is 406 g/mol. The number of amides is 2. The van der Waals surface area contributed by atoms with Crippen LogP contribution in [-0.2, 0) is 20.4 Å². The van der Waals surface area contributed by atoms with E-state index >= 15 is 0 Å². The predicted octanol–water partition coefficient (Wildman–Crippen LogP) is 2.21. The summed E-state index contributed by atoms with van der Waals surface area (Å²) in [6.45, 7) is 1.32. The molecule has 1 unspecified atom stereocenters. The van der Waals surface area contributed by atoms with Gasteiger partial charge in [0.15, 0.2) is 0 Å². The standard InChI is InChI=1S/C16H14N4O7S/c1-10(21)17-11-3-2-4-12(7-11)18-16(22)9-28(27)15-6-5-13(19(23)24)8-14(15)20(25)26/h2-8H,9H2,1H3,(H,17,21)(H,18,22). The number of hydrogen-bond donors (Lipinski definition) is 2. The van der Waals surface area contributed by atoms with Crippen LogP contribution in [0.2, 0.25) is 0 Å². The summed E-state index contributed by atoms with van der Waals surface area (Å²) in [4.78, 5) is 43.0. The molecule has 0 fully saturated rings. The average molecular weight is 406 g/mol. The number of anilines is 2. The highest BCUT2D eigenvalue weighted by atomic mass is 32.2. The van der Waals surface area contributed by atoms with Crippen LogP contribution in [0.1, 0.15) is 6.92 Å². The normalized spacial score (nSPS) is 11.3. The highest BCUT2D eigenvalue weighted by Gasteiger charge is 2.24. The minimum Gasteiger partial charge on any atom is -0.326 e. The summed E-state index contributed by atoms with van der Waals surface area (Å²) >= 11 is 0. The van der Waals surface area contributed by atoms with Crippen molar-refractivity contribution in [1.29, 1.82) is 0 Å². The minimum atomic E-state index is -2.10. The third-order valence-electron chi connectivity index (χ3n) is 3.32. The summed E-state index contributed by atoms with van der Waals surface area (Å²) in [5.41, 5.74) is -0.455. The molecular weight excluding hydrogens is 392 g/mol. The van der Waals surface area contributed by atoms with Crippen molar-refractivity contribution in [1.82, 2.24) is 0 Å². The van der Waals surface area contributed by atoms with E-state index in [4.69, 9.17) is 0 Å². The molecule has 2 aromatic rings. The smallest absolute Gasteiger partial charge is 0.292 e. The summed E-state index contributed by atoms with van der Waals surface area (Å²) in [6, 6.07) is 8.89. The van der Waals surface area contributed by atoms with Crippen molar-refractivity contribution in [3.63, 3.8) is 0 Å². The van der Waals surface area contributed by atoms with Crippen LogP contribution >= 0.6 is 0 Å². The van der Waals surface area contributed by atoms with Gasteiger partial charge in [0.1, 0.15) is 10.6 Å². The van der Waals surface area contributed by atoms with Gasteiger partial charge < -0.3 is 10.6 Å². The second-order valence-electron chi connectivity index (χ2n) is 5.47. The Kier molecular flexibility index (Phi) is 6.50. The molecule has 1 atom stereocenters. The molecule has 11 nitrogen and oxygen atoms in total. The molecule has 0 aromatic heterocycles. The van der Waals surface area contributed by atoms with Crippen molar-refractivity contribution in [3.05, 3.63) is 62.7 Å². The van der Waals surface area contributed by atoms with Crippen LogP contribution in [0, 0.1) is 20.2 Å². The van der Waals surface area contributed by atoms with E-state index in [-0.39, 0.29) is 10.8 Å². The van der Waals surface area contributed by atoms with Crippen LogP contribution in [-0.4, -0.2) is 31.6 Å². The number of nitrogens with one attached hydrogen (secondary N) is 2. The summed E-state index contributed by atoms with van der Waals surface area (Å²) in [5, 5.41) is 26.9. The van der Waals surface area contributed by atoms with Crippen molar-refractivity contribution in [2.45, 2.75) is 11.8 Å². The Hall–Kier alpha value is -3.67. The zero-order valence-electron chi connectivity index (χ0n) is 14.4. The molecule has 146 valence electrons. The number of hydrogen-bond acceptors (Lipinski definition) is 7. The van der Waals surface area contributed by atoms with Gasteiger partial charge in [-0.3, -0.25) is 34.0 Å². The summed E-state index contributed by atoms with van der Waals surface area (Å²) in [6.07, 6.45) is 0. The zero-order valence-corrected chi connectivity index (χ0v) is 15.2. The second-order valence-corrected chi connectivity index (χ2v) is 6.89. The number of carbonyl (C=O) groups excluding carboxylic acids is 2. The van der Waals surface area contributed by atoms with Gasteiger partial charge in [0.05, 0.1) is 26.7 Å². The highest BCUT2D eigenvalue weighted by molar-refractivity contribution is 7.86. The van der Waals surface area contributed by atoms with Crippen molar-refractivity contribution in [2.75, 3.05) is 16.4 Å². The summed E-state index contributed by atoms with van der Waals surface area (Å²) < 4.78 is 12.4. The van der Waals surface area contributed by atoms with Crippen molar-refractivity contribution in [2.24, 2.45) is 0 Å². The van der Waals surface area contributed by atoms with Crippen molar-refractivity contribution < 1.29 is 23.6 Å². The minimum absolute atomic E-state index is 0.294. The largest absolute Gasteiger partial charge is 0.326 e. The zero-order chi connectivity index (χ0) is 20.8. The van der Waals surface area contributed by atoms with E-state index in [9.17, 15) is 34.0 Å². The fourth-order valence-electron chi connectivity index (χ4n) is 2.23. The molecule has 0 radical (unpaired) electrons. The molecule has 0 aliphatic heterocycles. The topological polar surface area (TPSA) is 162 Å². The maximum Gasteiger partial charge on any atom is 0.292 e. The van der Waals surface area contributed by atoms with Gasteiger partial charge in [-0.25, -0.2) is 0 Å². The molecule has 2 amide bonds. The molecular formula is C16H14N4O7S. The van der Waals surface area contributed by atoms with E-state index in [1.165, 1.54) is 13.0 Å². The molecule has 0 heterocycles. The fourth-order valence-corrected chi connectivity index (χ4v) is 3.28. The lowest BCUT2D eigenvalue weighted by Crippen LogP contribution is -2.20. The second kappa shape index (κ2) is 8.81. The number of carbonyl (C=O) groups is 2. The lowest BCUT2D eigenvalue weighted by molar-refractivity contribution is -0.396. The predicted molar refractivity (Wildman–Crippen MR) is 100 cm³/mol. The van der Waals surface area contributed by atoms with Crippen LogP contribution < -0.4 is 10.6 Å². The molecule has 2 aromatic carbocycles. The van der Waals surface area contributed by atoms with E-state index in [2.05, 4.69) is 10.6 Å². The lowest BCUT2D eigenvalue weighted by atomic mass is 10.2. The maximum absolute atomic E-state index is 12.4. The Labute approximate surface area is 160 Å². The summed E-state index contributed by atoms with van der Waals surface area (Å²) in [7, 11) is -2.10. The first-order valence-electron chi connectivity index (χ1n) is 7.66. The van der Waals surface area contributed by atoms with Crippen LogP contribution in [0.15, 0.2) is 47.4 Å². The molecule has 2 rings (SSSR count). The van der Waals surface area contributed by atoms with Crippen LogP contribution in [0.25, 0.3) is 0 Å². The Bertz CT molecular complexity index is 993. The lowest BCUT2D eigenvalue weighted by Gasteiger charge is -2.08. The van der Waals surface area contributed by atoms with Gasteiger partial charge in [-0.2, -0.15) is 0 Å². The third kappa shape index (κ3) is 5.41.